The molecule has 4 heteroatoms. The van der Waals surface area contributed by atoms with Gasteiger partial charge in [0.15, 0.2) is 6.73 Å². The lowest BCUT2D eigenvalue weighted by molar-refractivity contribution is 0.247. The fourth-order valence-corrected chi connectivity index (χ4v) is 3.84. The molecule has 1 aromatic heterocycles. The van der Waals surface area contributed by atoms with Crippen LogP contribution in [0.5, 0.6) is 0 Å². The summed E-state index contributed by atoms with van der Waals surface area (Å²) in [5.74, 6) is 0.972. The van der Waals surface area contributed by atoms with Crippen molar-refractivity contribution in [3.8, 4) is 0 Å². The Kier molecular flexibility index (Phi) is 4.90. The second-order valence-electron chi connectivity index (χ2n) is 7.37. The van der Waals surface area contributed by atoms with Crippen LogP contribution in [0, 0.1) is 0 Å². The van der Waals surface area contributed by atoms with Crippen LogP contribution < -0.4 is 4.90 Å². The Hall–Kier alpha value is -2.72. The number of para-hydroxylation sites is 2. The molecule has 2 heterocycles. The van der Waals surface area contributed by atoms with E-state index in [-0.39, 0.29) is 0 Å². The van der Waals surface area contributed by atoms with Gasteiger partial charge in [0.1, 0.15) is 11.5 Å². The van der Waals surface area contributed by atoms with Crippen molar-refractivity contribution >= 4 is 22.3 Å². The van der Waals surface area contributed by atoms with Gasteiger partial charge in [-0.05, 0) is 64.2 Å². The fraction of sp³-hybridized carbons (Fsp3) is 0.304. The zero-order valence-electron chi connectivity index (χ0n) is 16.3. The van der Waals surface area contributed by atoms with Gasteiger partial charge in [0, 0.05) is 16.6 Å². The Balaban J connectivity index is 1.78. The molecule has 1 N–H and O–H groups in total. The van der Waals surface area contributed by atoms with Crippen LogP contribution in [-0.4, -0.2) is 37.3 Å². The molecular weight excluding hydrogens is 334 g/mol. The molecule has 140 valence electrons. The topological polar surface area (TPSA) is 31.5 Å². The normalized spacial score (nSPS) is 14.4. The van der Waals surface area contributed by atoms with Crippen molar-refractivity contribution in [1.29, 1.82) is 0 Å². The van der Waals surface area contributed by atoms with Crippen LogP contribution in [0.15, 0.2) is 60.4 Å². The molecule has 4 nitrogen and oxygen atoms in total. The number of allylic oxidation sites excluding steroid dienone is 1. The Morgan fingerprint density at radius 2 is 1.78 bits per heavy atom. The van der Waals surface area contributed by atoms with Crippen LogP contribution in [0.25, 0.3) is 16.6 Å². The highest BCUT2D eigenvalue weighted by Crippen LogP contribution is 2.37. The summed E-state index contributed by atoms with van der Waals surface area (Å²) in [6.07, 6.45) is 2.16. The molecule has 2 aromatic carbocycles. The standard InChI is InChI=1S/C23H27N3O/c1-17-23(26(16-27-17)18-10-5-4-6-11-18)22-20(13-9-15-25(2)3)19-12-7-8-14-21(19)24-22/h4-8,10-12,14,24H,9,13,15-16H2,1-3H3. The molecule has 0 bridgehead atoms. The molecule has 0 atom stereocenters. The highest BCUT2D eigenvalue weighted by Gasteiger charge is 2.28. The number of H-pyrrole nitrogens is 1. The van der Waals surface area contributed by atoms with Crippen molar-refractivity contribution in [3.05, 3.63) is 71.6 Å². The van der Waals surface area contributed by atoms with Gasteiger partial charge in [0.2, 0.25) is 0 Å². The monoisotopic (exact) mass is 361 g/mol. The summed E-state index contributed by atoms with van der Waals surface area (Å²) in [5, 5.41) is 1.31. The quantitative estimate of drug-likeness (QED) is 0.681. The Labute approximate surface area is 161 Å². The first-order valence-electron chi connectivity index (χ1n) is 9.56. The van der Waals surface area contributed by atoms with Crippen molar-refractivity contribution in [1.82, 2.24) is 9.88 Å². The maximum Gasteiger partial charge on any atom is 0.165 e. The van der Waals surface area contributed by atoms with E-state index in [1.165, 1.54) is 22.2 Å². The van der Waals surface area contributed by atoms with Crippen LogP contribution in [-0.2, 0) is 11.2 Å². The van der Waals surface area contributed by atoms with Crippen LogP contribution >= 0.6 is 0 Å². The van der Waals surface area contributed by atoms with Gasteiger partial charge in [-0.2, -0.15) is 0 Å². The molecule has 4 rings (SSSR count). The highest BCUT2D eigenvalue weighted by atomic mass is 16.5. The zero-order chi connectivity index (χ0) is 18.8. The summed E-state index contributed by atoms with van der Waals surface area (Å²) >= 11 is 0. The lowest BCUT2D eigenvalue weighted by Crippen LogP contribution is -2.19. The summed E-state index contributed by atoms with van der Waals surface area (Å²) in [6, 6.07) is 19.1. The molecule has 1 aliphatic heterocycles. The molecule has 0 spiro atoms. The summed E-state index contributed by atoms with van der Waals surface area (Å²) < 4.78 is 5.96. The average Bonchev–Trinajstić information content (AvgIpc) is 3.23. The van der Waals surface area contributed by atoms with Crippen molar-refractivity contribution in [2.75, 3.05) is 32.3 Å². The molecule has 27 heavy (non-hydrogen) atoms. The van der Waals surface area contributed by atoms with E-state index in [9.17, 15) is 0 Å². The second kappa shape index (κ2) is 7.49. The van der Waals surface area contributed by atoms with E-state index in [1.54, 1.807) is 0 Å². The third-order valence-corrected chi connectivity index (χ3v) is 5.16. The molecule has 0 unspecified atom stereocenters. The number of hydrogen-bond acceptors (Lipinski definition) is 3. The highest BCUT2D eigenvalue weighted by molar-refractivity contribution is 5.92. The number of rotatable bonds is 6. The first kappa shape index (κ1) is 17.7. The predicted octanol–water partition coefficient (Wildman–Crippen LogP) is 4.84. The van der Waals surface area contributed by atoms with Crippen LogP contribution in [0.3, 0.4) is 0 Å². The smallest absolute Gasteiger partial charge is 0.165 e. The van der Waals surface area contributed by atoms with Gasteiger partial charge in [0.25, 0.3) is 0 Å². The van der Waals surface area contributed by atoms with Gasteiger partial charge in [-0.3, -0.25) is 0 Å². The summed E-state index contributed by atoms with van der Waals surface area (Å²) in [4.78, 5) is 8.18. The fourth-order valence-electron chi connectivity index (χ4n) is 3.84. The maximum absolute atomic E-state index is 5.96. The average molecular weight is 361 g/mol. The number of aromatic nitrogens is 1. The molecule has 3 aromatic rings. The third-order valence-electron chi connectivity index (χ3n) is 5.16. The molecule has 0 amide bonds. The van der Waals surface area contributed by atoms with Crippen molar-refractivity contribution in [2.45, 2.75) is 19.8 Å². The van der Waals surface area contributed by atoms with E-state index in [0.29, 0.717) is 6.73 Å². The number of aromatic amines is 1. The van der Waals surface area contributed by atoms with Crippen LogP contribution in [0.4, 0.5) is 5.69 Å². The van der Waals surface area contributed by atoms with Gasteiger partial charge < -0.3 is 19.5 Å². The van der Waals surface area contributed by atoms with Gasteiger partial charge >= 0.3 is 0 Å². The lowest BCUT2D eigenvalue weighted by atomic mass is 10.0. The summed E-state index contributed by atoms with van der Waals surface area (Å²) in [7, 11) is 4.26. The SMILES string of the molecule is CC1=C(c2[nH]c3ccccc3c2CCCN(C)C)N(c2ccccc2)CO1. The lowest BCUT2D eigenvalue weighted by Gasteiger charge is -2.20. The molecular formula is C23H27N3O. The number of nitrogens with zero attached hydrogens (tertiary/aromatic N) is 2. The number of hydrogen-bond donors (Lipinski definition) is 1. The van der Waals surface area contributed by atoms with E-state index in [4.69, 9.17) is 4.74 Å². The first-order chi connectivity index (χ1) is 13.1. The van der Waals surface area contributed by atoms with E-state index >= 15 is 0 Å². The molecule has 0 saturated heterocycles. The first-order valence-corrected chi connectivity index (χ1v) is 9.56. The largest absolute Gasteiger partial charge is 0.475 e. The van der Waals surface area contributed by atoms with Crippen molar-refractivity contribution in [2.24, 2.45) is 0 Å². The van der Waals surface area contributed by atoms with E-state index < -0.39 is 0 Å². The molecule has 0 saturated carbocycles. The number of ether oxygens (including phenoxy) is 1. The van der Waals surface area contributed by atoms with E-state index in [0.717, 1.165) is 36.5 Å². The minimum Gasteiger partial charge on any atom is -0.475 e. The van der Waals surface area contributed by atoms with Crippen molar-refractivity contribution in [3.63, 3.8) is 0 Å². The van der Waals surface area contributed by atoms with Gasteiger partial charge in [-0.25, -0.2) is 0 Å². The molecule has 0 fully saturated rings. The number of aryl methyl sites for hydroxylation is 1. The minimum absolute atomic E-state index is 0.553. The minimum atomic E-state index is 0.553. The van der Waals surface area contributed by atoms with Gasteiger partial charge in [-0.1, -0.05) is 36.4 Å². The van der Waals surface area contributed by atoms with Crippen LogP contribution in [0.2, 0.25) is 0 Å². The summed E-state index contributed by atoms with van der Waals surface area (Å²) in [5.41, 5.74) is 6.06. The Morgan fingerprint density at radius 1 is 1.04 bits per heavy atom. The van der Waals surface area contributed by atoms with Crippen molar-refractivity contribution < 1.29 is 4.74 Å². The van der Waals surface area contributed by atoms with Gasteiger partial charge in [0.05, 0.1) is 5.69 Å². The Bertz CT molecular complexity index is 956. The molecule has 0 radical (unpaired) electrons. The van der Waals surface area contributed by atoms with Crippen LogP contribution in [0.1, 0.15) is 24.6 Å². The third kappa shape index (κ3) is 3.45. The number of nitrogens with one attached hydrogen (secondary N) is 1. The van der Waals surface area contributed by atoms with E-state index in [1.807, 2.05) is 6.07 Å². The summed E-state index contributed by atoms with van der Waals surface area (Å²) in [6.45, 7) is 3.70. The number of anilines is 1. The van der Waals surface area contributed by atoms with Gasteiger partial charge in [-0.15, -0.1) is 0 Å². The maximum atomic E-state index is 5.96. The molecule has 0 aliphatic carbocycles. The Morgan fingerprint density at radius 3 is 2.56 bits per heavy atom. The zero-order valence-corrected chi connectivity index (χ0v) is 16.3. The molecule has 1 aliphatic rings. The number of benzene rings is 2. The van der Waals surface area contributed by atoms with E-state index in [2.05, 4.69) is 84.3 Å². The number of fused-ring (bicyclic) bond motifs is 1. The predicted molar refractivity (Wildman–Crippen MR) is 113 cm³/mol. The second-order valence-corrected chi connectivity index (χ2v) is 7.37.